The van der Waals surface area contributed by atoms with Crippen molar-refractivity contribution >= 4 is 29.1 Å². The summed E-state index contributed by atoms with van der Waals surface area (Å²) in [6, 6.07) is 17.1. The molecule has 0 amide bonds. The molecule has 27 heavy (non-hydrogen) atoms. The van der Waals surface area contributed by atoms with Gasteiger partial charge in [-0.05, 0) is 45.0 Å². The lowest BCUT2D eigenvalue weighted by atomic mass is 10.2. The van der Waals surface area contributed by atoms with Crippen LogP contribution in [0.3, 0.4) is 0 Å². The standard InChI is InChI=1S/C21H22N4O2/c1-4-27-20(26)17-7-5-6-8-18(17)24-21-22-15(3)13-19(25-21)23-16-11-9-14(2)10-12-16/h5-13H,4H2,1-3H3,(H2,22,23,24,25). The summed E-state index contributed by atoms with van der Waals surface area (Å²) in [6.07, 6.45) is 0. The van der Waals surface area contributed by atoms with Crippen molar-refractivity contribution < 1.29 is 9.53 Å². The number of ether oxygens (including phenoxy) is 1. The number of aryl methyl sites for hydroxylation is 2. The van der Waals surface area contributed by atoms with E-state index in [4.69, 9.17) is 4.74 Å². The smallest absolute Gasteiger partial charge is 0.340 e. The van der Waals surface area contributed by atoms with Crippen LogP contribution in [0, 0.1) is 13.8 Å². The highest BCUT2D eigenvalue weighted by Gasteiger charge is 2.13. The third-order valence-electron chi connectivity index (χ3n) is 3.85. The number of hydrogen-bond acceptors (Lipinski definition) is 6. The second-order valence-electron chi connectivity index (χ2n) is 6.10. The van der Waals surface area contributed by atoms with Crippen molar-refractivity contribution in [3.8, 4) is 0 Å². The second kappa shape index (κ2) is 8.31. The van der Waals surface area contributed by atoms with Gasteiger partial charge < -0.3 is 15.4 Å². The van der Waals surface area contributed by atoms with Gasteiger partial charge in [-0.3, -0.25) is 0 Å². The number of benzene rings is 2. The molecular weight excluding hydrogens is 340 g/mol. The van der Waals surface area contributed by atoms with E-state index in [1.54, 1.807) is 25.1 Å². The Morgan fingerprint density at radius 3 is 2.48 bits per heavy atom. The van der Waals surface area contributed by atoms with E-state index < -0.39 is 0 Å². The maximum absolute atomic E-state index is 12.1. The number of aromatic nitrogens is 2. The van der Waals surface area contributed by atoms with E-state index in [0.29, 0.717) is 29.6 Å². The Labute approximate surface area is 158 Å². The lowest BCUT2D eigenvalue weighted by Gasteiger charge is -2.12. The first-order chi connectivity index (χ1) is 13.0. The van der Waals surface area contributed by atoms with E-state index >= 15 is 0 Å². The zero-order chi connectivity index (χ0) is 19.2. The molecule has 0 saturated carbocycles. The summed E-state index contributed by atoms with van der Waals surface area (Å²) in [4.78, 5) is 21.1. The highest BCUT2D eigenvalue weighted by Crippen LogP contribution is 2.22. The minimum absolute atomic E-state index is 0.318. The summed E-state index contributed by atoms with van der Waals surface area (Å²) in [7, 11) is 0. The number of esters is 1. The van der Waals surface area contributed by atoms with Crippen LogP contribution in [0.2, 0.25) is 0 Å². The molecule has 0 atom stereocenters. The van der Waals surface area contributed by atoms with Crippen LogP contribution in [0.25, 0.3) is 0 Å². The molecule has 138 valence electrons. The number of para-hydroxylation sites is 1. The van der Waals surface area contributed by atoms with Crippen molar-refractivity contribution in [3.63, 3.8) is 0 Å². The first-order valence-corrected chi connectivity index (χ1v) is 8.77. The Balaban J connectivity index is 1.85. The fourth-order valence-electron chi connectivity index (χ4n) is 2.57. The van der Waals surface area contributed by atoms with Crippen molar-refractivity contribution in [2.75, 3.05) is 17.2 Å². The Morgan fingerprint density at radius 2 is 1.74 bits per heavy atom. The van der Waals surface area contributed by atoms with Gasteiger partial charge in [-0.1, -0.05) is 29.8 Å². The molecule has 0 aliphatic rings. The first-order valence-electron chi connectivity index (χ1n) is 8.77. The van der Waals surface area contributed by atoms with Gasteiger partial charge in [0.05, 0.1) is 17.9 Å². The highest BCUT2D eigenvalue weighted by atomic mass is 16.5. The summed E-state index contributed by atoms with van der Waals surface area (Å²) in [6.45, 7) is 6.03. The van der Waals surface area contributed by atoms with Crippen LogP contribution in [-0.2, 0) is 4.74 Å². The van der Waals surface area contributed by atoms with Gasteiger partial charge in [0.2, 0.25) is 5.95 Å². The van der Waals surface area contributed by atoms with Crippen LogP contribution in [0.15, 0.2) is 54.6 Å². The van der Waals surface area contributed by atoms with Gasteiger partial charge in [0.15, 0.2) is 0 Å². The minimum Gasteiger partial charge on any atom is -0.462 e. The zero-order valence-corrected chi connectivity index (χ0v) is 15.6. The molecule has 1 aromatic heterocycles. The number of hydrogen-bond donors (Lipinski definition) is 2. The molecule has 0 aliphatic heterocycles. The van der Waals surface area contributed by atoms with Crippen molar-refractivity contribution in [3.05, 3.63) is 71.4 Å². The Morgan fingerprint density at radius 1 is 1.00 bits per heavy atom. The molecule has 0 aliphatic carbocycles. The van der Waals surface area contributed by atoms with Gasteiger partial charge in [-0.15, -0.1) is 0 Å². The average molecular weight is 362 g/mol. The van der Waals surface area contributed by atoms with Gasteiger partial charge in [0, 0.05) is 17.4 Å². The van der Waals surface area contributed by atoms with E-state index in [-0.39, 0.29) is 5.97 Å². The van der Waals surface area contributed by atoms with Gasteiger partial charge in [-0.25, -0.2) is 9.78 Å². The van der Waals surface area contributed by atoms with Gasteiger partial charge in [0.1, 0.15) is 5.82 Å². The highest BCUT2D eigenvalue weighted by molar-refractivity contribution is 5.96. The average Bonchev–Trinajstić information content (AvgIpc) is 2.64. The fourth-order valence-corrected chi connectivity index (χ4v) is 2.57. The summed E-state index contributed by atoms with van der Waals surface area (Å²) < 4.78 is 5.11. The van der Waals surface area contributed by atoms with E-state index in [2.05, 4.69) is 20.6 Å². The van der Waals surface area contributed by atoms with Crippen LogP contribution in [0.4, 0.5) is 23.1 Å². The molecule has 3 aromatic rings. The van der Waals surface area contributed by atoms with Crippen LogP contribution < -0.4 is 10.6 Å². The fraction of sp³-hybridized carbons (Fsp3) is 0.190. The molecule has 2 N–H and O–H groups in total. The van der Waals surface area contributed by atoms with Crippen LogP contribution >= 0.6 is 0 Å². The molecule has 6 nitrogen and oxygen atoms in total. The van der Waals surface area contributed by atoms with Crippen LogP contribution in [0.5, 0.6) is 0 Å². The monoisotopic (exact) mass is 362 g/mol. The molecule has 1 heterocycles. The van der Waals surface area contributed by atoms with Crippen molar-refractivity contribution in [1.29, 1.82) is 0 Å². The van der Waals surface area contributed by atoms with Gasteiger partial charge >= 0.3 is 5.97 Å². The summed E-state index contributed by atoms with van der Waals surface area (Å²) in [5, 5.41) is 6.40. The Bertz CT molecular complexity index is 939. The van der Waals surface area contributed by atoms with E-state index in [1.807, 2.05) is 50.2 Å². The van der Waals surface area contributed by atoms with Crippen molar-refractivity contribution in [1.82, 2.24) is 9.97 Å². The summed E-state index contributed by atoms with van der Waals surface area (Å²) in [5.41, 5.74) is 3.98. The molecule has 0 bridgehead atoms. The topological polar surface area (TPSA) is 76.1 Å². The van der Waals surface area contributed by atoms with Gasteiger partial charge in [-0.2, -0.15) is 4.98 Å². The molecule has 0 spiro atoms. The quantitative estimate of drug-likeness (QED) is 0.616. The lowest BCUT2D eigenvalue weighted by Crippen LogP contribution is -2.09. The molecule has 6 heteroatoms. The van der Waals surface area contributed by atoms with E-state index in [0.717, 1.165) is 11.4 Å². The van der Waals surface area contributed by atoms with E-state index in [9.17, 15) is 4.79 Å². The zero-order valence-electron chi connectivity index (χ0n) is 15.6. The molecule has 0 unspecified atom stereocenters. The number of nitrogens with one attached hydrogen (secondary N) is 2. The van der Waals surface area contributed by atoms with Crippen molar-refractivity contribution in [2.24, 2.45) is 0 Å². The summed E-state index contributed by atoms with van der Waals surface area (Å²) in [5.74, 6) is 0.690. The molecule has 2 aromatic carbocycles. The van der Waals surface area contributed by atoms with Crippen molar-refractivity contribution in [2.45, 2.75) is 20.8 Å². The number of rotatable bonds is 6. The molecule has 0 saturated heterocycles. The van der Waals surface area contributed by atoms with E-state index in [1.165, 1.54) is 5.56 Å². The number of carbonyl (C=O) groups excluding carboxylic acids is 1. The second-order valence-corrected chi connectivity index (χ2v) is 6.10. The predicted molar refractivity (Wildman–Crippen MR) is 107 cm³/mol. The largest absolute Gasteiger partial charge is 0.462 e. The lowest BCUT2D eigenvalue weighted by molar-refractivity contribution is 0.0527. The predicted octanol–water partition coefficient (Wildman–Crippen LogP) is 4.76. The molecule has 0 radical (unpaired) electrons. The minimum atomic E-state index is -0.383. The Kier molecular flexibility index (Phi) is 5.66. The summed E-state index contributed by atoms with van der Waals surface area (Å²) >= 11 is 0. The van der Waals surface area contributed by atoms with Crippen LogP contribution in [0.1, 0.15) is 28.5 Å². The SMILES string of the molecule is CCOC(=O)c1ccccc1Nc1nc(C)cc(Nc2ccc(C)cc2)n1. The number of nitrogens with zero attached hydrogens (tertiary/aromatic N) is 2. The third-order valence-corrected chi connectivity index (χ3v) is 3.85. The number of anilines is 4. The maximum atomic E-state index is 12.1. The van der Waals surface area contributed by atoms with Crippen LogP contribution in [-0.4, -0.2) is 22.5 Å². The normalized spacial score (nSPS) is 10.3. The Hall–Kier alpha value is -3.41. The van der Waals surface area contributed by atoms with Gasteiger partial charge in [0.25, 0.3) is 0 Å². The molecular formula is C21H22N4O2. The molecule has 3 rings (SSSR count). The maximum Gasteiger partial charge on any atom is 0.340 e. The third kappa shape index (κ3) is 4.82. The number of carbonyl (C=O) groups is 1. The molecule has 0 fully saturated rings. The first kappa shape index (κ1) is 18.4.